The molecule has 0 aliphatic rings. The van der Waals surface area contributed by atoms with Crippen molar-refractivity contribution in [2.75, 3.05) is 0 Å². The topological polar surface area (TPSA) is 33.1 Å². The highest BCUT2D eigenvalue weighted by atomic mass is 79.9. The average Bonchev–Trinajstić information content (AvgIpc) is 2.70. The maximum Gasteiger partial charge on any atom is 0.123 e. The molecule has 0 aliphatic heterocycles. The second-order valence-corrected chi connectivity index (χ2v) is 5.53. The standard InChI is InChI=1S/C12H11BrFNOS/c1-7-6-17-12(15-7)11(16)5-8-4-9(14)2-3-10(8)13/h2-4,6,11,16H,5H2,1H3. The molecule has 1 atom stereocenters. The summed E-state index contributed by atoms with van der Waals surface area (Å²) in [4.78, 5) is 4.22. The largest absolute Gasteiger partial charge is 0.386 e. The molecule has 90 valence electrons. The fourth-order valence-corrected chi connectivity index (χ4v) is 2.71. The Kier molecular flexibility index (Phi) is 3.91. The number of rotatable bonds is 3. The Morgan fingerprint density at radius 3 is 2.94 bits per heavy atom. The molecule has 2 rings (SSSR count). The number of nitrogens with zero attached hydrogens (tertiary/aromatic N) is 1. The van der Waals surface area contributed by atoms with E-state index in [4.69, 9.17) is 0 Å². The molecular formula is C12H11BrFNOS. The number of benzene rings is 1. The fourth-order valence-electron chi connectivity index (χ4n) is 1.52. The third-order valence-electron chi connectivity index (χ3n) is 2.34. The monoisotopic (exact) mass is 315 g/mol. The van der Waals surface area contributed by atoms with E-state index in [0.717, 1.165) is 15.7 Å². The number of aryl methyl sites for hydroxylation is 1. The van der Waals surface area contributed by atoms with Crippen molar-refractivity contribution in [1.82, 2.24) is 4.98 Å². The average molecular weight is 316 g/mol. The first kappa shape index (κ1) is 12.7. The van der Waals surface area contributed by atoms with Crippen molar-refractivity contribution in [2.45, 2.75) is 19.4 Å². The molecule has 2 aromatic rings. The molecule has 5 heteroatoms. The highest BCUT2D eigenvalue weighted by Gasteiger charge is 2.14. The summed E-state index contributed by atoms with van der Waals surface area (Å²) in [5, 5.41) is 12.6. The normalized spacial score (nSPS) is 12.7. The molecule has 0 aliphatic carbocycles. The zero-order chi connectivity index (χ0) is 12.4. The van der Waals surface area contributed by atoms with Crippen LogP contribution >= 0.6 is 27.3 Å². The van der Waals surface area contributed by atoms with Crippen LogP contribution < -0.4 is 0 Å². The minimum Gasteiger partial charge on any atom is -0.386 e. The molecule has 0 fully saturated rings. The van der Waals surface area contributed by atoms with Crippen molar-refractivity contribution in [2.24, 2.45) is 0 Å². The maximum atomic E-state index is 13.1. The van der Waals surface area contributed by atoms with E-state index in [-0.39, 0.29) is 5.82 Å². The van der Waals surface area contributed by atoms with Gasteiger partial charge in [-0.1, -0.05) is 15.9 Å². The highest BCUT2D eigenvalue weighted by Crippen LogP contribution is 2.26. The SMILES string of the molecule is Cc1csc(C(O)Cc2cc(F)ccc2Br)n1. The van der Waals surface area contributed by atoms with E-state index in [0.29, 0.717) is 11.4 Å². The first-order valence-corrected chi connectivity index (χ1v) is 6.77. The molecule has 0 radical (unpaired) electrons. The van der Waals surface area contributed by atoms with Crippen molar-refractivity contribution >= 4 is 27.3 Å². The quantitative estimate of drug-likeness (QED) is 0.938. The van der Waals surface area contributed by atoms with Gasteiger partial charge in [-0.05, 0) is 30.7 Å². The van der Waals surface area contributed by atoms with Crippen molar-refractivity contribution in [3.8, 4) is 0 Å². The van der Waals surface area contributed by atoms with Gasteiger partial charge < -0.3 is 5.11 Å². The van der Waals surface area contributed by atoms with Gasteiger partial charge in [-0.2, -0.15) is 0 Å². The molecular weight excluding hydrogens is 305 g/mol. The summed E-state index contributed by atoms with van der Waals surface area (Å²) < 4.78 is 13.9. The van der Waals surface area contributed by atoms with Gasteiger partial charge in [-0.25, -0.2) is 9.37 Å². The van der Waals surface area contributed by atoms with E-state index in [1.54, 1.807) is 6.07 Å². The number of halogens is 2. The minimum absolute atomic E-state index is 0.300. The maximum absolute atomic E-state index is 13.1. The Labute approximate surface area is 111 Å². The molecule has 0 bridgehead atoms. The van der Waals surface area contributed by atoms with Crippen molar-refractivity contribution < 1.29 is 9.50 Å². The van der Waals surface area contributed by atoms with Gasteiger partial charge in [0.1, 0.15) is 16.9 Å². The van der Waals surface area contributed by atoms with Crippen molar-refractivity contribution in [1.29, 1.82) is 0 Å². The number of aliphatic hydroxyl groups is 1. The predicted molar refractivity (Wildman–Crippen MR) is 69.6 cm³/mol. The lowest BCUT2D eigenvalue weighted by Crippen LogP contribution is -2.02. The molecule has 1 unspecified atom stereocenters. The summed E-state index contributed by atoms with van der Waals surface area (Å²) in [6.45, 7) is 1.88. The predicted octanol–water partition coefficient (Wildman–Crippen LogP) is 3.63. The summed E-state index contributed by atoms with van der Waals surface area (Å²) >= 11 is 4.76. The molecule has 2 nitrogen and oxygen atoms in total. The summed E-state index contributed by atoms with van der Waals surface area (Å²) in [7, 11) is 0. The van der Waals surface area contributed by atoms with E-state index in [2.05, 4.69) is 20.9 Å². The van der Waals surface area contributed by atoms with Gasteiger partial charge in [0.2, 0.25) is 0 Å². The smallest absolute Gasteiger partial charge is 0.123 e. The van der Waals surface area contributed by atoms with Crippen molar-refractivity contribution in [3.63, 3.8) is 0 Å². The first-order valence-electron chi connectivity index (χ1n) is 5.10. The van der Waals surface area contributed by atoms with Crippen LogP contribution in [0.1, 0.15) is 22.4 Å². The van der Waals surface area contributed by atoms with Gasteiger partial charge in [-0.3, -0.25) is 0 Å². The van der Waals surface area contributed by atoms with Crippen LogP contribution in [0.3, 0.4) is 0 Å². The highest BCUT2D eigenvalue weighted by molar-refractivity contribution is 9.10. The third-order valence-corrected chi connectivity index (χ3v) is 4.18. The van der Waals surface area contributed by atoms with Gasteiger partial charge in [-0.15, -0.1) is 11.3 Å². The summed E-state index contributed by atoms with van der Waals surface area (Å²) in [6, 6.07) is 4.45. The van der Waals surface area contributed by atoms with E-state index < -0.39 is 6.10 Å². The van der Waals surface area contributed by atoms with E-state index in [1.807, 2.05) is 12.3 Å². The van der Waals surface area contributed by atoms with Gasteiger partial charge in [0.25, 0.3) is 0 Å². The number of hydrogen-bond donors (Lipinski definition) is 1. The van der Waals surface area contributed by atoms with Gasteiger partial charge >= 0.3 is 0 Å². The minimum atomic E-state index is -0.688. The van der Waals surface area contributed by atoms with Gasteiger partial charge in [0.15, 0.2) is 0 Å². The van der Waals surface area contributed by atoms with Gasteiger partial charge in [0.05, 0.1) is 0 Å². The third kappa shape index (κ3) is 3.12. The molecule has 1 aromatic heterocycles. The second kappa shape index (κ2) is 5.25. The van der Waals surface area contributed by atoms with Crippen LogP contribution in [-0.4, -0.2) is 10.1 Å². The van der Waals surface area contributed by atoms with Crippen LogP contribution in [0, 0.1) is 12.7 Å². The van der Waals surface area contributed by atoms with Crippen LogP contribution in [0.25, 0.3) is 0 Å². The lowest BCUT2D eigenvalue weighted by molar-refractivity contribution is 0.177. The first-order chi connectivity index (χ1) is 8.06. The number of aliphatic hydroxyl groups excluding tert-OH is 1. The van der Waals surface area contributed by atoms with Crippen LogP contribution in [0.2, 0.25) is 0 Å². The van der Waals surface area contributed by atoms with E-state index in [1.165, 1.54) is 23.5 Å². The summed E-state index contributed by atoms with van der Waals surface area (Å²) in [6.07, 6.45) is -0.336. The second-order valence-electron chi connectivity index (χ2n) is 3.78. The molecule has 1 heterocycles. The molecule has 0 saturated heterocycles. The fraction of sp³-hybridized carbons (Fsp3) is 0.250. The zero-order valence-corrected chi connectivity index (χ0v) is 11.6. The molecule has 0 saturated carbocycles. The lowest BCUT2D eigenvalue weighted by atomic mass is 10.1. The number of thiazole rings is 1. The van der Waals surface area contributed by atoms with E-state index in [9.17, 15) is 9.50 Å². The molecule has 1 aromatic carbocycles. The Hall–Kier alpha value is -0.780. The Morgan fingerprint density at radius 2 is 2.29 bits per heavy atom. The van der Waals surface area contributed by atoms with Crippen LogP contribution in [0.15, 0.2) is 28.1 Å². The molecule has 17 heavy (non-hydrogen) atoms. The van der Waals surface area contributed by atoms with Gasteiger partial charge in [0, 0.05) is 22.0 Å². The number of aromatic nitrogens is 1. The van der Waals surface area contributed by atoms with E-state index >= 15 is 0 Å². The molecule has 1 N–H and O–H groups in total. The van der Waals surface area contributed by atoms with Crippen molar-refractivity contribution in [3.05, 3.63) is 50.1 Å². The van der Waals surface area contributed by atoms with Crippen LogP contribution in [-0.2, 0) is 6.42 Å². The molecule has 0 amide bonds. The Bertz CT molecular complexity index is 529. The lowest BCUT2D eigenvalue weighted by Gasteiger charge is -2.09. The summed E-state index contributed by atoms with van der Waals surface area (Å²) in [5.41, 5.74) is 1.63. The Morgan fingerprint density at radius 1 is 1.53 bits per heavy atom. The number of hydrogen-bond acceptors (Lipinski definition) is 3. The zero-order valence-electron chi connectivity index (χ0n) is 9.15. The molecule has 0 spiro atoms. The summed E-state index contributed by atoms with van der Waals surface area (Å²) in [5.74, 6) is -0.300. The van der Waals surface area contributed by atoms with Crippen LogP contribution in [0.5, 0.6) is 0 Å². The Balaban J connectivity index is 2.18. The van der Waals surface area contributed by atoms with Crippen LogP contribution in [0.4, 0.5) is 4.39 Å².